The summed E-state index contributed by atoms with van der Waals surface area (Å²) in [5, 5.41) is 29.2. The number of hydrogen-bond donors (Lipinski definition) is 2. The highest BCUT2D eigenvalue weighted by molar-refractivity contribution is 7.93. The molecule has 5 nitrogen and oxygen atoms in total. The first-order chi connectivity index (χ1) is 5.66. The van der Waals surface area contributed by atoms with E-state index in [1.807, 2.05) is 0 Å². The number of aliphatic hydroxyl groups excluding tert-OH is 2. The van der Waals surface area contributed by atoms with Crippen molar-refractivity contribution >= 4 is 11.9 Å². The van der Waals surface area contributed by atoms with E-state index < -0.39 is 10.2 Å². The molecular weight excluding hydrogens is 182 g/mol. The Hall–Kier alpha value is 0.150. The van der Waals surface area contributed by atoms with Crippen LogP contribution < -0.4 is 0 Å². The fraction of sp³-hybridized carbons (Fsp3) is 1.00. The molecule has 1 fully saturated rings. The van der Waals surface area contributed by atoms with E-state index in [0.29, 0.717) is 19.1 Å². The molecule has 0 radical (unpaired) electrons. The molecule has 72 valence electrons. The van der Waals surface area contributed by atoms with Crippen molar-refractivity contribution in [2.45, 2.75) is 6.10 Å². The summed E-state index contributed by atoms with van der Waals surface area (Å²) in [6, 6.07) is 0. The van der Waals surface area contributed by atoms with Gasteiger partial charge in [0.1, 0.15) is 37.1 Å². The Morgan fingerprint density at radius 2 is 2.42 bits per heavy atom. The Morgan fingerprint density at radius 3 is 2.92 bits per heavy atom. The fourth-order valence-electron chi connectivity index (χ4n) is 0.983. The molecule has 1 aliphatic heterocycles. The molecule has 0 bridgehead atoms. The second-order valence-corrected chi connectivity index (χ2v) is 3.87. The maximum Gasteiger partial charge on any atom is 0.147 e. The molecule has 0 amide bonds. The predicted molar refractivity (Wildman–Crippen MR) is 44.9 cm³/mol. The maximum atomic E-state index is 11.6. The molecule has 0 saturated carbocycles. The van der Waals surface area contributed by atoms with Crippen molar-refractivity contribution < 1.29 is 19.0 Å². The van der Waals surface area contributed by atoms with Gasteiger partial charge in [-0.3, -0.25) is 4.05 Å². The normalized spacial score (nSPS) is 33.2. The van der Waals surface area contributed by atoms with Crippen LogP contribution in [0.15, 0.2) is 0 Å². The van der Waals surface area contributed by atoms with Crippen LogP contribution in [-0.4, -0.2) is 52.6 Å². The first kappa shape index (κ1) is 10.2. The van der Waals surface area contributed by atoms with Crippen molar-refractivity contribution in [3.63, 3.8) is 0 Å². The average Bonchev–Trinajstić information content (AvgIpc) is 2.05. The number of hydrogen-bond acceptors (Lipinski definition) is 5. The summed E-state index contributed by atoms with van der Waals surface area (Å²) in [7, 11) is 0. The summed E-state index contributed by atoms with van der Waals surface area (Å²) < 4.78 is 4.46. The van der Waals surface area contributed by atoms with Gasteiger partial charge in [0.15, 0.2) is 0 Å². The van der Waals surface area contributed by atoms with Crippen molar-refractivity contribution in [3.05, 3.63) is 5.21 Å². The Kier molecular flexibility index (Phi) is 3.76. The molecule has 1 rings (SSSR count). The summed E-state index contributed by atoms with van der Waals surface area (Å²) in [6.07, 6.45) is -0.923. The molecule has 2 N–H and O–H groups in total. The van der Waals surface area contributed by atoms with Crippen LogP contribution >= 0.6 is 11.9 Å². The first-order valence-corrected chi connectivity index (χ1v) is 4.70. The second-order valence-electron chi connectivity index (χ2n) is 2.71. The van der Waals surface area contributed by atoms with Crippen LogP contribution in [0, 0.1) is 5.21 Å². The lowest BCUT2D eigenvalue weighted by atomic mass is 10.4. The zero-order valence-electron chi connectivity index (χ0n) is 6.68. The number of hydroxylamine groups is 2. The molecule has 0 aromatic rings. The van der Waals surface area contributed by atoms with Gasteiger partial charge in [0, 0.05) is 0 Å². The van der Waals surface area contributed by atoms with Gasteiger partial charge in [-0.15, -0.1) is 0 Å². The summed E-state index contributed by atoms with van der Waals surface area (Å²) >= 11 is 1.10. The minimum Gasteiger partial charge on any atom is -0.620 e. The summed E-state index contributed by atoms with van der Waals surface area (Å²) in [4.78, 5) is 0. The van der Waals surface area contributed by atoms with Gasteiger partial charge in [-0.05, 0) is 0 Å². The van der Waals surface area contributed by atoms with Gasteiger partial charge in [-0.2, -0.15) is 0 Å². The van der Waals surface area contributed by atoms with Crippen molar-refractivity contribution in [2.24, 2.45) is 0 Å². The van der Waals surface area contributed by atoms with Crippen LogP contribution in [0.25, 0.3) is 0 Å². The van der Waals surface area contributed by atoms with E-state index in [1.165, 1.54) is 0 Å². The van der Waals surface area contributed by atoms with Gasteiger partial charge in [0.2, 0.25) is 0 Å². The van der Waals surface area contributed by atoms with Gasteiger partial charge < -0.3 is 20.2 Å². The van der Waals surface area contributed by atoms with Crippen molar-refractivity contribution in [1.82, 2.24) is 0 Å². The van der Waals surface area contributed by atoms with Gasteiger partial charge in [0.05, 0.1) is 13.2 Å². The van der Waals surface area contributed by atoms with Crippen LogP contribution in [0.5, 0.6) is 0 Å². The summed E-state index contributed by atoms with van der Waals surface area (Å²) in [5.41, 5.74) is 0. The zero-order valence-corrected chi connectivity index (χ0v) is 7.50. The fourth-order valence-corrected chi connectivity index (χ4v) is 1.85. The van der Waals surface area contributed by atoms with Crippen LogP contribution in [0.4, 0.5) is 0 Å². The molecule has 1 saturated heterocycles. The Balaban J connectivity index is 2.35. The predicted octanol–water partition coefficient (Wildman–Crippen LogP) is -0.710. The molecule has 1 heterocycles. The lowest BCUT2D eigenvalue weighted by molar-refractivity contribution is -0.751. The Morgan fingerprint density at radius 1 is 1.67 bits per heavy atom. The SMILES string of the molecule is [O-][N+]1(CC(O)CO)CCOCS1. The topological polar surface area (TPSA) is 72.8 Å². The molecule has 0 aromatic carbocycles. The number of aliphatic hydroxyl groups is 2. The standard InChI is InChI=1S/C6H13NO4S/c8-4-6(9)3-7(10)1-2-11-5-12-7/h6,8-9H,1-5H2. The van der Waals surface area contributed by atoms with Gasteiger partial charge in [-0.1, -0.05) is 0 Å². The molecule has 1 aliphatic rings. The largest absolute Gasteiger partial charge is 0.620 e. The minimum atomic E-state index is -0.923. The third-order valence-electron chi connectivity index (χ3n) is 1.65. The summed E-state index contributed by atoms with van der Waals surface area (Å²) in [6.45, 7) is 0.435. The highest BCUT2D eigenvalue weighted by atomic mass is 32.2. The smallest absolute Gasteiger partial charge is 0.147 e. The first-order valence-electron chi connectivity index (χ1n) is 3.75. The second kappa shape index (κ2) is 4.40. The minimum absolute atomic E-state index is 0.0323. The number of rotatable bonds is 3. The summed E-state index contributed by atoms with van der Waals surface area (Å²) in [5.74, 6) is 0.363. The highest BCUT2D eigenvalue weighted by Gasteiger charge is 2.26. The monoisotopic (exact) mass is 195 g/mol. The molecule has 2 atom stereocenters. The van der Waals surface area contributed by atoms with Gasteiger partial charge in [0.25, 0.3) is 0 Å². The highest BCUT2D eigenvalue weighted by Crippen LogP contribution is 2.25. The van der Waals surface area contributed by atoms with Crippen LogP contribution in [-0.2, 0) is 4.74 Å². The molecule has 0 spiro atoms. The van der Waals surface area contributed by atoms with Gasteiger partial charge >= 0.3 is 0 Å². The van der Waals surface area contributed by atoms with E-state index in [9.17, 15) is 5.21 Å². The van der Waals surface area contributed by atoms with E-state index >= 15 is 0 Å². The van der Waals surface area contributed by atoms with Crippen LogP contribution in [0.3, 0.4) is 0 Å². The molecular formula is C6H13NO4S. The quantitative estimate of drug-likeness (QED) is 0.353. The zero-order chi connectivity index (χ0) is 9.03. The average molecular weight is 195 g/mol. The van der Waals surface area contributed by atoms with Gasteiger partial charge in [-0.25, -0.2) is 0 Å². The van der Waals surface area contributed by atoms with E-state index in [1.54, 1.807) is 0 Å². The van der Waals surface area contributed by atoms with E-state index in [2.05, 4.69) is 0 Å². The lowest BCUT2D eigenvalue weighted by Gasteiger charge is -2.42. The maximum absolute atomic E-state index is 11.6. The molecule has 6 heteroatoms. The Labute approximate surface area is 75.2 Å². The van der Waals surface area contributed by atoms with E-state index in [0.717, 1.165) is 11.9 Å². The lowest BCUT2D eigenvalue weighted by Crippen LogP contribution is -2.47. The van der Waals surface area contributed by atoms with E-state index in [-0.39, 0.29) is 13.2 Å². The molecule has 12 heavy (non-hydrogen) atoms. The van der Waals surface area contributed by atoms with Crippen LogP contribution in [0.1, 0.15) is 0 Å². The van der Waals surface area contributed by atoms with Crippen molar-refractivity contribution in [3.8, 4) is 0 Å². The van der Waals surface area contributed by atoms with Crippen LogP contribution in [0.2, 0.25) is 0 Å². The number of nitrogens with zero attached hydrogens (tertiary/aromatic N) is 1. The molecule has 2 unspecified atom stereocenters. The van der Waals surface area contributed by atoms with Crippen molar-refractivity contribution in [2.75, 3.05) is 32.2 Å². The Bertz CT molecular complexity index is 140. The molecule has 0 aliphatic carbocycles. The van der Waals surface area contributed by atoms with Crippen molar-refractivity contribution in [1.29, 1.82) is 0 Å². The number of quaternary nitrogens is 1. The molecule has 0 aromatic heterocycles. The third kappa shape index (κ3) is 2.89. The van der Waals surface area contributed by atoms with E-state index in [4.69, 9.17) is 14.9 Å². The third-order valence-corrected chi connectivity index (χ3v) is 2.72. The number of ether oxygens (including phenoxy) is 1.